The highest BCUT2D eigenvalue weighted by Crippen LogP contribution is 2.28. The fraction of sp³-hybridized carbons (Fsp3) is 0.600. The van der Waals surface area contributed by atoms with Crippen molar-refractivity contribution < 1.29 is 0 Å². The van der Waals surface area contributed by atoms with Crippen molar-refractivity contribution >= 4 is 53.3 Å². The third-order valence-electron chi connectivity index (χ3n) is 3.61. The number of pyridine rings is 1. The Morgan fingerprint density at radius 1 is 1.45 bits per heavy atom. The molecule has 1 aromatic heterocycles. The minimum absolute atomic E-state index is 0. The highest BCUT2D eigenvalue weighted by atomic mass is 127. The smallest absolute Gasteiger partial charge is 0.191 e. The van der Waals surface area contributed by atoms with Gasteiger partial charge in [0.1, 0.15) is 5.15 Å². The van der Waals surface area contributed by atoms with Gasteiger partial charge in [-0.05, 0) is 44.1 Å². The predicted octanol–water partition coefficient (Wildman–Crippen LogP) is 3.69. The maximum atomic E-state index is 5.79. The van der Waals surface area contributed by atoms with E-state index < -0.39 is 0 Å². The number of guanidine groups is 1. The molecule has 0 aliphatic heterocycles. The lowest BCUT2D eigenvalue weighted by atomic mass is 10.2. The molecular formula is C15H24ClIN4S. The molecule has 2 N–H and O–H groups in total. The quantitative estimate of drug-likeness (QED) is 0.308. The van der Waals surface area contributed by atoms with Gasteiger partial charge in [-0.15, -0.1) is 24.0 Å². The van der Waals surface area contributed by atoms with Gasteiger partial charge >= 0.3 is 0 Å². The summed E-state index contributed by atoms with van der Waals surface area (Å²) in [5, 5.41) is 8.15. The molecule has 1 aromatic rings. The summed E-state index contributed by atoms with van der Waals surface area (Å²) in [6.07, 6.45) is 7.69. The van der Waals surface area contributed by atoms with E-state index in [2.05, 4.69) is 33.8 Å². The summed E-state index contributed by atoms with van der Waals surface area (Å²) >= 11 is 7.76. The Labute approximate surface area is 159 Å². The van der Waals surface area contributed by atoms with Gasteiger partial charge in [-0.1, -0.05) is 17.7 Å². The van der Waals surface area contributed by atoms with E-state index >= 15 is 0 Å². The largest absolute Gasteiger partial charge is 0.357 e. The molecule has 1 heterocycles. The van der Waals surface area contributed by atoms with Crippen LogP contribution in [0.5, 0.6) is 0 Å². The van der Waals surface area contributed by atoms with E-state index in [0.29, 0.717) is 17.7 Å². The lowest BCUT2D eigenvalue weighted by Crippen LogP contribution is -2.42. The lowest BCUT2D eigenvalue weighted by Gasteiger charge is -2.17. The number of nitrogens with one attached hydrogen (secondary N) is 2. The Morgan fingerprint density at radius 3 is 2.86 bits per heavy atom. The van der Waals surface area contributed by atoms with Crippen molar-refractivity contribution in [2.75, 3.05) is 12.8 Å². The second-order valence-corrected chi connectivity index (χ2v) is 6.72. The van der Waals surface area contributed by atoms with Crippen LogP contribution < -0.4 is 10.6 Å². The first kappa shape index (κ1) is 19.8. The molecular weight excluding hydrogens is 431 g/mol. The van der Waals surface area contributed by atoms with Crippen molar-refractivity contribution in [3.63, 3.8) is 0 Å². The number of aliphatic imine (C=N–C) groups is 1. The number of aromatic nitrogens is 1. The minimum atomic E-state index is 0. The molecule has 1 saturated carbocycles. The molecule has 1 aliphatic carbocycles. The van der Waals surface area contributed by atoms with Crippen molar-refractivity contribution in [2.24, 2.45) is 4.99 Å². The molecule has 2 unspecified atom stereocenters. The zero-order chi connectivity index (χ0) is 15.1. The van der Waals surface area contributed by atoms with Gasteiger partial charge in [0.25, 0.3) is 0 Å². The molecule has 0 radical (unpaired) electrons. The zero-order valence-electron chi connectivity index (χ0n) is 13.0. The number of hydrogen-bond acceptors (Lipinski definition) is 3. The van der Waals surface area contributed by atoms with E-state index in [0.717, 1.165) is 23.3 Å². The van der Waals surface area contributed by atoms with Gasteiger partial charge in [-0.3, -0.25) is 0 Å². The van der Waals surface area contributed by atoms with Crippen molar-refractivity contribution in [3.05, 3.63) is 29.0 Å². The average molecular weight is 455 g/mol. The van der Waals surface area contributed by atoms with Gasteiger partial charge < -0.3 is 10.6 Å². The Balaban J connectivity index is 0.00000242. The molecule has 1 aliphatic rings. The van der Waals surface area contributed by atoms with Crippen LogP contribution in [0, 0.1) is 0 Å². The number of halogens is 2. The van der Waals surface area contributed by atoms with Crippen LogP contribution >= 0.6 is 47.3 Å². The van der Waals surface area contributed by atoms with Crippen molar-refractivity contribution in [1.29, 1.82) is 0 Å². The first-order valence-electron chi connectivity index (χ1n) is 7.39. The van der Waals surface area contributed by atoms with Crippen LogP contribution in [0.15, 0.2) is 23.3 Å². The van der Waals surface area contributed by atoms with E-state index in [-0.39, 0.29) is 24.0 Å². The Morgan fingerprint density at radius 2 is 2.27 bits per heavy atom. The van der Waals surface area contributed by atoms with Crippen LogP contribution in [0.3, 0.4) is 0 Å². The van der Waals surface area contributed by atoms with Gasteiger partial charge in [0.05, 0.1) is 6.54 Å². The third kappa shape index (κ3) is 6.50. The molecule has 2 rings (SSSR count). The zero-order valence-corrected chi connectivity index (χ0v) is 16.9. The summed E-state index contributed by atoms with van der Waals surface area (Å²) in [5.41, 5.74) is 1.06. The minimum Gasteiger partial charge on any atom is -0.357 e. The normalized spacial score (nSPS) is 21.3. The standard InChI is InChI=1S/C15H23ClN4S.HI/c1-3-17-15(20-12-5-6-13(8-12)21-2)19-10-11-4-7-14(16)18-9-11;/h4,7,9,12-13H,3,5-6,8,10H2,1-2H3,(H2,17,19,20);1H. The van der Waals surface area contributed by atoms with Crippen molar-refractivity contribution in [3.8, 4) is 0 Å². The fourth-order valence-electron chi connectivity index (χ4n) is 2.47. The summed E-state index contributed by atoms with van der Waals surface area (Å²) < 4.78 is 0. The molecule has 0 amide bonds. The highest BCUT2D eigenvalue weighted by Gasteiger charge is 2.24. The maximum Gasteiger partial charge on any atom is 0.191 e. The Bertz CT molecular complexity index is 469. The molecule has 124 valence electrons. The van der Waals surface area contributed by atoms with Gasteiger partial charge in [0, 0.05) is 24.0 Å². The molecule has 0 saturated heterocycles. The molecule has 2 atom stereocenters. The van der Waals surface area contributed by atoms with Crippen LogP contribution in [0.25, 0.3) is 0 Å². The second-order valence-electron chi connectivity index (χ2n) is 5.20. The SMILES string of the molecule is CCNC(=NCc1ccc(Cl)nc1)NC1CCC(SC)C1.I. The van der Waals surface area contributed by atoms with Gasteiger partial charge in [-0.2, -0.15) is 11.8 Å². The summed E-state index contributed by atoms with van der Waals surface area (Å²) in [5.74, 6) is 0.888. The van der Waals surface area contributed by atoms with Gasteiger partial charge in [0.2, 0.25) is 0 Å². The number of nitrogens with zero attached hydrogens (tertiary/aromatic N) is 2. The van der Waals surface area contributed by atoms with Crippen LogP contribution in [-0.2, 0) is 6.54 Å². The van der Waals surface area contributed by atoms with Gasteiger partial charge in [-0.25, -0.2) is 9.98 Å². The van der Waals surface area contributed by atoms with Crippen molar-refractivity contribution in [2.45, 2.75) is 44.0 Å². The number of hydrogen-bond donors (Lipinski definition) is 2. The average Bonchev–Trinajstić information content (AvgIpc) is 2.94. The first-order chi connectivity index (χ1) is 10.2. The Hall–Kier alpha value is -0.210. The summed E-state index contributed by atoms with van der Waals surface area (Å²) in [4.78, 5) is 8.71. The van der Waals surface area contributed by atoms with E-state index in [1.54, 1.807) is 12.3 Å². The third-order valence-corrected chi connectivity index (χ3v) is 4.93. The molecule has 4 nitrogen and oxygen atoms in total. The summed E-state index contributed by atoms with van der Waals surface area (Å²) in [6, 6.07) is 4.29. The summed E-state index contributed by atoms with van der Waals surface area (Å²) in [7, 11) is 0. The van der Waals surface area contributed by atoms with E-state index in [4.69, 9.17) is 11.6 Å². The van der Waals surface area contributed by atoms with Crippen LogP contribution in [0.2, 0.25) is 5.15 Å². The Kier molecular flexibility index (Phi) is 9.51. The lowest BCUT2D eigenvalue weighted by molar-refractivity contribution is 0.615. The highest BCUT2D eigenvalue weighted by molar-refractivity contribution is 14.0. The van der Waals surface area contributed by atoms with Crippen LogP contribution in [0.4, 0.5) is 0 Å². The molecule has 0 spiro atoms. The predicted molar refractivity (Wildman–Crippen MR) is 108 cm³/mol. The fourth-order valence-corrected chi connectivity index (χ4v) is 3.38. The molecule has 0 bridgehead atoms. The number of rotatable bonds is 5. The maximum absolute atomic E-state index is 5.79. The molecule has 7 heteroatoms. The van der Waals surface area contributed by atoms with E-state index in [9.17, 15) is 0 Å². The number of thioether (sulfide) groups is 1. The van der Waals surface area contributed by atoms with Gasteiger partial charge in [0.15, 0.2) is 5.96 Å². The molecule has 1 fully saturated rings. The molecule has 0 aromatic carbocycles. The second kappa shape index (κ2) is 10.5. The summed E-state index contributed by atoms with van der Waals surface area (Å²) in [6.45, 7) is 3.56. The van der Waals surface area contributed by atoms with Crippen molar-refractivity contribution in [1.82, 2.24) is 15.6 Å². The first-order valence-corrected chi connectivity index (χ1v) is 9.06. The molecule has 22 heavy (non-hydrogen) atoms. The topological polar surface area (TPSA) is 49.3 Å². The van der Waals surface area contributed by atoms with E-state index in [1.807, 2.05) is 17.8 Å². The monoisotopic (exact) mass is 454 g/mol. The van der Waals surface area contributed by atoms with Crippen LogP contribution in [0.1, 0.15) is 31.7 Å². The van der Waals surface area contributed by atoms with E-state index in [1.165, 1.54) is 19.3 Å². The van der Waals surface area contributed by atoms with Crippen LogP contribution in [-0.4, -0.2) is 35.0 Å².